The van der Waals surface area contributed by atoms with Gasteiger partial charge in [-0.1, -0.05) is 54.6 Å². The molecule has 0 atom stereocenters. The third-order valence-electron chi connectivity index (χ3n) is 4.56. The van der Waals surface area contributed by atoms with Gasteiger partial charge in [-0.05, 0) is 30.0 Å². The quantitative estimate of drug-likeness (QED) is 0.375. The van der Waals surface area contributed by atoms with Crippen LogP contribution in [0.2, 0.25) is 0 Å². The number of hydrogen-bond acceptors (Lipinski definition) is 6. The van der Waals surface area contributed by atoms with Crippen LogP contribution < -0.4 is 5.32 Å². The van der Waals surface area contributed by atoms with E-state index >= 15 is 0 Å². The van der Waals surface area contributed by atoms with Gasteiger partial charge in [-0.3, -0.25) is 9.59 Å². The molecule has 1 N–H and O–H groups in total. The van der Waals surface area contributed by atoms with Gasteiger partial charge in [0.25, 0.3) is 5.91 Å². The van der Waals surface area contributed by atoms with Crippen molar-refractivity contribution in [1.29, 1.82) is 0 Å². The number of thiazole rings is 1. The summed E-state index contributed by atoms with van der Waals surface area (Å²) in [5.41, 5.74) is 3.45. The Balaban J connectivity index is 1.44. The summed E-state index contributed by atoms with van der Waals surface area (Å²) in [4.78, 5) is 31.3. The first-order chi connectivity index (χ1) is 15.1. The molecule has 0 unspecified atom stereocenters. The van der Waals surface area contributed by atoms with Crippen molar-refractivity contribution in [3.05, 3.63) is 82.6 Å². The molecule has 0 spiro atoms. The summed E-state index contributed by atoms with van der Waals surface area (Å²) in [5, 5.41) is 5.60. The minimum Gasteiger partial charge on any atom is -0.455 e. The van der Waals surface area contributed by atoms with Crippen molar-refractivity contribution in [2.45, 2.75) is 13.3 Å². The van der Waals surface area contributed by atoms with Gasteiger partial charge < -0.3 is 10.1 Å². The van der Waals surface area contributed by atoms with Crippen molar-refractivity contribution in [2.75, 3.05) is 11.9 Å². The molecule has 4 aromatic rings. The van der Waals surface area contributed by atoms with Gasteiger partial charge in [0.2, 0.25) is 0 Å². The summed E-state index contributed by atoms with van der Waals surface area (Å²) in [6, 6.07) is 21.3. The predicted octanol–water partition coefficient (Wildman–Crippen LogP) is 5.57. The summed E-state index contributed by atoms with van der Waals surface area (Å²) >= 11 is 3.05. The number of thiophene rings is 1. The minimum absolute atomic E-state index is 0.0649. The van der Waals surface area contributed by atoms with E-state index in [1.807, 2.05) is 79.0 Å². The van der Waals surface area contributed by atoms with Gasteiger partial charge in [-0.15, -0.1) is 22.7 Å². The van der Waals surface area contributed by atoms with Crippen LogP contribution in [0.3, 0.4) is 0 Å². The number of aryl methyl sites for hydroxylation is 1. The lowest BCUT2D eigenvalue weighted by Crippen LogP contribution is -2.22. The lowest BCUT2D eigenvalue weighted by atomic mass is 10.2. The maximum Gasteiger partial charge on any atom is 0.311 e. The Morgan fingerprint density at radius 2 is 1.77 bits per heavy atom. The number of carbonyl (C=O) groups excluding carboxylic acids is 2. The number of ether oxygens (including phenoxy) is 1. The molecule has 7 heteroatoms. The Labute approximate surface area is 188 Å². The Hall–Kier alpha value is -3.29. The molecule has 2 aromatic carbocycles. The Bertz CT molecular complexity index is 1180. The van der Waals surface area contributed by atoms with Gasteiger partial charge in [0.05, 0.1) is 17.0 Å². The Morgan fingerprint density at radius 3 is 2.52 bits per heavy atom. The van der Waals surface area contributed by atoms with E-state index in [9.17, 15) is 9.59 Å². The number of carbonyl (C=O) groups is 2. The summed E-state index contributed by atoms with van der Waals surface area (Å²) in [5.74, 6) is -0.823. The van der Waals surface area contributed by atoms with Crippen LogP contribution in [0.15, 0.2) is 72.1 Å². The third kappa shape index (κ3) is 5.25. The highest BCUT2D eigenvalue weighted by atomic mass is 32.1. The third-order valence-corrected chi connectivity index (χ3v) is 6.54. The van der Waals surface area contributed by atoms with Crippen LogP contribution in [0.25, 0.3) is 21.1 Å². The summed E-state index contributed by atoms with van der Waals surface area (Å²) in [6.45, 7) is 1.58. The summed E-state index contributed by atoms with van der Waals surface area (Å²) < 4.78 is 5.24. The number of nitrogens with zero attached hydrogens (tertiary/aromatic N) is 1. The zero-order chi connectivity index (χ0) is 21.6. The minimum atomic E-state index is -0.457. The highest BCUT2D eigenvalue weighted by Gasteiger charge is 2.19. The smallest absolute Gasteiger partial charge is 0.311 e. The fraction of sp³-hybridized carbons (Fsp3) is 0.125. The van der Waals surface area contributed by atoms with Crippen LogP contribution in [-0.4, -0.2) is 23.5 Å². The Morgan fingerprint density at radius 1 is 1.00 bits per heavy atom. The van der Waals surface area contributed by atoms with Crippen LogP contribution in [0.4, 0.5) is 5.69 Å². The van der Waals surface area contributed by atoms with E-state index in [0.29, 0.717) is 5.69 Å². The fourth-order valence-corrected chi connectivity index (χ4v) is 4.88. The largest absolute Gasteiger partial charge is 0.455 e. The molecule has 2 heterocycles. The van der Waals surface area contributed by atoms with E-state index in [2.05, 4.69) is 5.32 Å². The van der Waals surface area contributed by atoms with E-state index < -0.39 is 5.97 Å². The second-order valence-corrected chi connectivity index (χ2v) is 8.87. The van der Waals surface area contributed by atoms with E-state index in [1.165, 1.54) is 11.3 Å². The van der Waals surface area contributed by atoms with Gasteiger partial charge in [-0.2, -0.15) is 0 Å². The van der Waals surface area contributed by atoms with Crippen LogP contribution in [0.5, 0.6) is 0 Å². The Kier molecular flexibility index (Phi) is 6.54. The topological polar surface area (TPSA) is 68.3 Å². The predicted molar refractivity (Wildman–Crippen MR) is 125 cm³/mol. The van der Waals surface area contributed by atoms with Gasteiger partial charge in [-0.25, -0.2) is 4.98 Å². The van der Waals surface area contributed by atoms with E-state index in [0.717, 1.165) is 31.6 Å². The van der Waals surface area contributed by atoms with Crippen molar-refractivity contribution in [3.63, 3.8) is 0 Å². The number of hydrogen-bond donors (Lipinski definition) is 1. The summed E-state index contributed by atoms with van der Waals surface area (Å²) in [7, 11) is 0. The lowest BCUT2D eigenvalue weighted by molar-refractivity contribution is -0.146. The number of anilines is 1. The van der Waals surface area contributed by atoms with E-state index in [4.69, 9.17) is 9.72 Å². The first-order valence-corrected chi connectivity index (χ1v) is 11.4. The normalized spacial score (nSPS) is 10.6. The summed E-state index contributed by atoms with van der Waals surface area (Å²) in [6.07, 6.45) is 0.0649. The molecular weight excluding hydrogens is 428 g/mol. The van der Waals surface area contributed by atoms with Crippen molar-refractivity contribution in [1.82, 2.24) is 4.98 Å². The molecule has 31 heavy (non-hydrogen) atoms. The van der Waals surface area contributed by atoms with E-state index in [1.54, 1.807) is 11.3 Å². The zero-order valence-corrected chi connectivity index (χ0v) is 18.5. The molecule has 0 aliphatic heterocycles. The standard InChI is InChI=1S/C24H20N2O3S2/c1-16-8-5-6-11-18(16)25-21(27)15-29-22(28)14-20-23(19-12-7-13-30-19)26-24(31-20)17-9-3-2-4-10-17/h2-13H,14-15H2,1H3,(H,25,27). The molecule has 156 valence electrons. The number of benzene rings is 2. The van der Waals surface area contributed by atoms with Crippen molar-refractivity contribution < 1.29 is 14.3 Å². The van der Waals surface area contributed by atoms with Gasteiger partial charge >= 0.3 is 5.97 Å². The van der Waals surface area contributed by atoms with Crippen molar-refractivity contribution in [3.8, 4) is 21.1 Å². The monoisotopic (exact) mass is 448 g/mol. The molecule has 0 radical (unpaired) electrons. The SMILES string of the molecule is Cc1ccccc1NC(=O)COC(=O)Cc1sc(-c2ccccc2)nc1-c1cccs1. The molecule has 0 fully saturated rings. The van der Waals surface area contributed by atoms with Crippen LogP contribution in [0, 0.1) is 6.92 Å². The molecule has 0 aliphatic rings. The van der Waals surface area contributed by atoms with Gasteiger partial charge in [0, 0.05) is 16.1 Å². The van der Waals surface area contributed by atoms with Crippen molar-refractivity contribution in [2.24, 2.45) is 0 Å². The van der Waals surface area contributed by atoms with Gasteiger partial charge in [0.15, 0.2) is 6.61 Å². The molecule has 0 saturated heterocycles. The first-order valence-electron chi connectivity index (χ1n) is 9.70. The van der Waals surface area contributed by atoms with Crippen LogP contribution in [-0.2, 0) is 20.7 Å². The molecule has 5 nitrogen and oxygen atoms in total. The van der Waals surface area contributed by atoms with E-state index in [-0.39, 0.29) is 18.9 Å². The highest BCUT2D eigenvalue weighted by molar-refractivity contribution is 7.17. The molecule has 2 aromatic heterocycles. The number of esters is 1. The van der Waals surface area contributed by atoms with Crippen LogP contribution in [0.1, 0.15) is 10.4 Å². The number of para-hydroxylation sites is 1. The molecule has 0 aliphatic carbocycles. The molecule has 1 amide bonds. The molecule has 0 bridgehead atoms. The van der Waals surface area contributed by atoms with Gasteiger partial charge in [0.1, 0.15) is 5.01 Å². The number of rotatable bonds is 7. The second-order valence-electron chi connectivity index (χ2n) is 6.83. The fourth-order valence-electron chi connectivity index (χ4n) is 3.01. The van der Waals surface area contributed by atoms with Crippen LogP contribution >= 0.6 is 22.7 Å². The lowest BCUT2D eigenvalue weighted by Gasteiger charge is -2.08. The first kappa shape index (κ1) is 21.0. The second kappa shape index (κ2) is 9.68. The number of amides is 1. The maximum absolute atomic E-state index is 12.5. The maximum atomic E-state index is 12.5. The van der Waals surface area contributed by atoms with Crippen molar-refractivity contribution >= 4 is 40.2 Å². The molecular formula is C24H20N2O3S2. The number of aromatic nitrogens is 1. The number of nitrogens with one attached hydrogen (secondary N) is 1. The highest BCUT2D eigenvalue weighted by Crippen LogP contribution is 2.36. The molecule has 4 rings (SSSR count). The average Bonchev–Trinajstić information content (AvgIpc) is 3.45. The average molecular weight is 449 g/mol. The molecule has 0 saturated carbocycles. The zero-order valence-electron chi connectivity index (χ0n) is 16.8.